The Morgan fingerprint density at radius 3 is 2.57 bits per heavy atom. The lowest BCUT2D eigenvalue weighted by Gasteiger charge is -2.21. The van der Waals surface area contributed by atoms with Gasteiger partial charge in [0.25, 0.3) is 5.91 Å². The Labute approximate surface area is 129 Å². The fourth-order valence-electron chi connectivity index (χ4n) is 2.38. The second-order valence-electron chi connectivity index (χ2n) is 4.90. The van der Waals surface area contributed by atoms with Crippen molar-refractivity contribution >= 4 is 21.8 Å². The average molecular weight is 365 g/mol. The molecular formula is C14H16BrF3N2O. The van der Waals surface area contributed by atoms with Crippen molar-refractivity contribution in [1.29, 1.82) is 0 Å². The molecule has 1 aromatic carbocycles. The quantitative estimate of drug-likeness (QED) is 0.608. The SMILES string of the molecule is O=C(c1ccc(F)c(F)c1F)N1CCCN(CCBr)CC1. The number of hydrogen-bond acceptors (Lipinski definition) is 2. The topological polar surface area (TPSA) is 23.6 Å². The van der Waals surface area contributed by atoms with Gasteiger partial charge in [-0.3, -0.25) is 4.79 Å². The summed E-state index contributed by atoms with van der Waals surface area (Å²) in [7, 11) is 0. The van der Waals surface area contributed by atoms with Crippen molar-refractivity contribution in [2.75, 3.05) is 38.1 Å². The molecule has 1 aromatic rings. The molecule has 0 aliphatic carbocycles. The van der Waals surface area contributed by atoms with E-state index in [1.54, 1.807) is 0 Å². The minimum atomic E-state index is -1.60. The first-order chi connectivity index (χ1) is 10.0. The third kappa shape index (κ3) is 3.77. The molecule has 2 rings (SSSR count). The van der Waals surface area contributed by atoms with Crippen LogP contribution in [-0.2, 0) is 0 Å². The summed E-state index contributed by atoms with van der Waals surface area (Å²) in [6.07, 6.45) is 0.768. The summed E-state index contributed by atoms with van der Waals surface area (Å²) in [6, 6.07) is 1.78. The van der Waals surface area contributed by atoms with Crippen LogP contribution in [0, 0.1) is 17.5 Å². The predicted molar refractivity (Wildman–Crippen MR) is 77.1 cm³/mol. The standard InChI is InChI=1S/C14H16BrF3N2O/c15-4-7-19-5-1-6-20(9-8-19)14(21)10-2-3-11(16)13(18)12(10)17/h2-3H,1,4-9H2. The normalized spacial score (nSPS) is 16.9. The lowest BCUT2D eigenvalue weighted by atomic mass is 10.1. The first kappa shape index (κ1) is 16.3. The van der Waals surface area contributed by atoms with Crippen LogP contribution in [0.5, 0.6) is 0 Å². The van der Waals surface area contributed by atoms with Gasteiger partial charge in [-0.05, 0) is 25.1 Å². The number of amides is 1. The molecular weight excluding hydrogens is 349 g/mol. The number of halogens is 4. The first-order valence-corrected chi connectivity index (χ1v) is 7.88. The number of benzene rings is 1. The summed E-state index contributed by atoms with van der Waals surface area (Å²) in [5.41, 5.74) is -0.414. The minimum Gasteiger partial charge on any atom is -0.337 e. The van der Waals surface area contributed by atoms with Gasteiger partial charge < -0.3 is 9.80 Å². The molecule has 0 saturated carbocycles. The summed E-state index contributed by atoms with van der Waals surface area (Å²) < 4.78 is 39.8. The van der Waals surface area contributed by atoms with Crippen molar-refractivity contribution in [2.24, 2.45) is 0 Å². The molecule has 0 unspecified atom stereocenters. The average Bonchev–Trinajstić information content (AvgIpc) is 2.70. The van der Waals surface area contributed by atoms with Crippen LogP contribution in [0.15, 0.2) is 12.1 Å². The number of carbonyl (C=O) groups is 1. The minimum absolute atomic E-state index is 0.414. The van der Waals surface area contributed by atoms with Crippen LogP contribution in [0.1, 0.15) is 16.8 Å². The molecule has 1 amide bonds. The fourth-order valence-corrected chi connectivity index (χ4v) is 2.88. The molecule has 1 heterocycles. The highest BCUT2D eigenvalue weighted by Crippen LogP contribution is 2.18. The predicted octanol–water partition coefficient (Wildman–Crippen LogP) is 2.65. The summed E-state index contributed by atoms with van der Waals surface area (Å²) >= 11 is 3.37. The van der Waals surface area contributed by atoms with Gasteiger partial charge in [-0.25, -0.2) is 13.2 Å². The van der Waals surface area contributed by atoms with Gasteiger partial charge in [0, 0.05) is 31.5 Å². The Morgan fingerprint density at radius 1 is 1.10 bits per heavy atom. The third-order valence-electron chi connectivity index (χ3n) is 3.54. The van der Waals surface area contributed by atoms with E-state index in [0.29, 0.717) is 19.6 Å². The zero-order valence-corrected chi connectivity index (χ0v) is 13.0. The van der Waals surface area contributed by atoms with Crippen LogP contribution in [0.3, 0.4) is 0 Å². The van der Waals surface area contributed by atoms with E-state index in [1.165, 1.54) is 4.90 Å². The lowest BCUT2D eigenvalue weighted by molar-refractivity contribution is 0.0755. The molecule has 0 spiro atoms. The zero-order chi connectivity index (χ0) is 15.4. The molecule has 0 radical (unpaired) electrons. The highest BCUT2D eigenvalue weighted by Gasteiger charge is 2.25. The van der Waals surface area contributed by atoms with E-state index in [1.807, 2.05) is 0 Å². The molecule has 1 aliphatic rings. The largest absolute Gasteiger partial charge is 0.337 e. The molecule has 3 nitrogen and oxygen atoms in total. The number of alkyl halides is 1. The van der Waals surface area contributed by atoms with E-state index in [2.05, 4.69) is 20.8 Å². The second-order valence-corrected chi connectivity index (χ2v) is 5.69. The van der Waals surface area contributed by atoms with E-state index >= 15 is 0 Å². The van der Waals surface area contributed by atoms with Gasteiger partial charge in [0.05, 0.1) is 5.56 Å². The van der Waals surface area contributed by atoms with E-state index in [0.717, 1.165) is 37.0 Å². The molecule has 116 valence electrons. The highest BCUT2D eigenvalue weighted by atomic mass is 79.9. The molecule has 0 aromatic heterocycles. The van der Waals surface area contributed by atoms with Crippen molar-refractivity contribution in [3.8, 4) is 0 Å². The van der Waals surface area contributed by atoms with Crippen LogP contribution in [0.2, 0.25) is 0 Å². The zero-order valence-electron chi connectivity index (χ0n) is 11.4. The summed E-state index contributed by atoms with van der Waals surface area (Å²) in [5, 5.41) is 0.846. The van der Waals surface area contributed by atoms with Crippen molar-refractivity contribution in [3.05, 3.63) is 35.1 Å². The fraction of sp³-hybridized carbons (Fsp3) is 0.500. The Kier molecular flexibility index (Phi) is 5.64. The second kappa shape index (κ2) is 7.26. The van der Waals surface area contributed by atoms with E-state index in [-0.39, 0.29) is 0 Å². The van der Waals surface area contributed by atoms with Crippen LogP contribution < -0.4 is 0 Å². The van der Waals surface area contributed by atoms with E-state index in [4.69, 9.17) is 0 Å². The first-order valence-electron chi connectivity index (χ1n) is 6.75. The maximum Gasteiger partial charge on any atom is 0.256 e. The number of carbonyl (C=O) groups excluding carboxylic acids is 1. The van der Waals surface area contributed by atoms with Crippen molar-refractivity contribution in [2.45, 2.75) is 6.42 Å². The molecule has 21 heavy (non-hydrogen) atoms. The Bertz CT molecular complexity index is 527. The van der Waals surface area contributed by atoms with Crippen molar-refractivity contribution in [1.82, 2.24) is 9.80 Å². The van der Waals surface area contributed by atoms with E-state index in [9.17, 15) is 18.0 Å². The Balaban J connectivity index is 2.11. The van der Waals surface area contributed by atoms with Crippen LogP contribution in [0.25, 0.3) is 0 Å². The monoisotopic (exact) mass is 364 g/mol. The molecule has 0 N–H and O–H groups in total. The van der Waals surface area contributed by atoms with Gasteiger partial charge in [0.1, 0.15) is 0 Å². The Hall–Kier alpha value is -1.08. The third-order valence-corrected chi connectivity index (χ3v) is 3.90. The molecule has 1 fully saturated rings. The van der Waals surface area contributed by atoms with Gasteiger partial charge >= 0.3 is 0 Å². The van der Waals surface area contributed by atoms with Crippen molar-refractivity contribution in [3.63, 3.8) is 0 Å². The van der Waals surface area contributed by atoms with Gasteiger partial charge in [-0.1, -0.05) is 15.9 Å². The van der Waals surface area contributed by atoms with Gasteiger partial charge in [0.15, 0.2) is 17.5 Å². The smallest absolute Gasteiger partial charge is 0.256 e. The van der Waals surface area contributed by atoms with Crippen LogP contribution in [0.4, 0.5) is 13.2 Å². The highest BCUT2D eigenvalue weighted by molar-refractivity contribution is 9.09. The maximum absolute atomic E-state index is 13.7. The number of hydrogen-bond donors (Lipinski definition) is 0. The summed E-state index contributed by atoms with van der Waals surface area (Å²) in [6.45, 7) is 3.35. The van der Waals surface area contributed by atoms with Crippen LogP contribution >= 0.6 is 15.9 Å². The number of nitrogens with zero attached hydrogens (tertiary/aromatic N) is 2. The van der Waals surface area contributed by atoms with Crippen LogP contribution in [-0.4, -0.2) is 53.8 Å². The molecule has 7 heteroatoms. The van der Waals surface area contributed by atoms with Gasteiger partial charge in [-0.2, -0.15) is 0 Å². The molecule has 0 bridgehead atoms. The van der Waals surface area contributed by atoms with Crippen molar-refractivity contribution < 1.29 is 18.0 Å². The van der Waals surface area contributed by atoms with E-state index < -0.39 is 28.9 Å². The summed E-state index contributed by atoms with van der Waals surface area (Å²) in [4.78, 5) is 16.0. The summed E-state index contributed by atoms with van der Waals surface area (Å²) in [5.74, 6) is -4.89. The molecule has 0 atom stereocenters. The molecule has 1 aliphatic heterocycles. The lowest BCUT2D eigenvalue weighted by Crippen LogP contribution is -2.36. The number of rotatable bonds is 3. The van der Waals surface area contributed by atoms with Gasteiger partial charge in [0.2, 0.25) is 0 Å². The molecule has 1 saturated heterocycles. The Morgan fingerprint density at radius 2 is 1.86 bits per heavy atom. The van der Waals surface area contributed by atoms with Gasteiger partial charge in [-0.15, -0.1) is 0 Å². The maximum atomic E-state index is 13.7.